The van der Waals surface area contributed by atoms with E-state index in [2.05, 4.69) is 4.98 Å². The fraction of sp³-hybridized carbons (Fsp3) is 0.438. The third-order valence-corrected chi connectivity index (χ3v) is 4.28. The largest absolute Gasteiger partial charge is 0.396 e. The van der Waals surface area contributed by atoms with Crippen molar-refractivity contribution in [2.24, 2.45) is 5.92 Å². The molecule has 0 saturated carbocycles. The highest BCUT2D eigenvalue weighted by atomic mass is 19.1. The van der Waals surface area contributed by atoms with Crippen LogP contribution >= 0.6 is 0 Å². The van der Waals surface area contributed by atoms with Crippen molar-refractivity contribution in [1.29, 1.82) is 0 Å². The molecule has 2 aromatic rings. The topological polar surface area (TPSA) is 76.6 Å². The maximum atomic E-state index is 13.2. The number of halogens is 1. The highest BCUT2D eigenvalue weighted by Gasteiger charge is 2.27. The molecule has 2 atom stereocenters. The molecule has 0 aliphatic carbocycles. The first-order valence-electron chi connectivity index (χ1n) is 7.39. The third-order valence-electron chi connectivity index (χ3n) is 4.28. The minimum absolute atomic E-state index is 0.00657. The van der Waals surface area contributed by atoms with Crippen molar-refractivity contribution in [3.05, 3.63) is 46.0 Å². The van der Waals surface area contributed by atoms with E-state index in [1.54, 1.807) is 6.07 Å². The van der Waals surface area contributed by atoms with Gasteiger partial charge in [-0.3, -0.25) is 9.69 Å². The predicted molar refractivity (Wildman–Crippen MR) is 81.0 cm³/mol. The molecule has 2 heterocycles. The monoisotopic (exact) mass is 306 g/mol. The van der Waals surface area contributed by atoms with Crippen LogP contribution in [0.2, 0.25) is 0 Å². The van der Waals surface area contributed by atoms with Gasteiger partial charge in [-0.15, -0.1) is 0 Å². The van der Waals surface area contributed by atoms with Gasteiger partial charge < -0.3 is 15.2 Å². The SMILES string of the molecule is O=c1cc(CN2CC[C@H](CO)[C@H](O)C2)[nH]c2ccc(F)cc12. The summed E-state index contributed by atoms with van der Waals surface area (Å²) in [5.41, 5.74) is 1.13. The van der Waals surface area contributed by atoms with Crippen LogP contribution in [0, 0.1) is 11.7 Å². The van der Waals surface area contributed by atoms with Gasteiger partial charge >= 0.3 is 0 Å². The number of aliphatic hydroxyl groups is 2. The molecule has 1 aliphatic rings. The van der Waals surface area contributed by atoms with Crippen LogP contribution < -0.4 is 5.43 Å². The summed E-state index contributed by atoms with van der Waals surface area (Å²) in [4.78, 5) is 17.3. The summed E-state index contributed by atoms with van der Waals surface area (Å²) < 4.78 is 13.2. The third kappa shape index (κ3) is 3.04. The lowest BCUT2D eigenvalue weighted by Gasteiger charge is -2.34. The van der Waals surface area contributed by atoms with Gasteiger partial charge in [0.05, 0.1) is 6.10 Å². The molecule has 6 heteroatoms. The summed E-state index contributed by atoms with van der Waals surface area (Å²) in [6.45, 7) is 1.73. The highest BCUT2D eigenvalue weighted by Crippen LogP contribution is 2.19. The van der Waals surface area contributed by atoms with Gasteiger partial charge in [0.2, 0.25) is 0 Å². The molecular weight excluding hydrogens is 287 g/mol. The number of piperidine rings is 1. The minimum atomic E-state index is -0.556. The fourth-order valence-electron chi connectivity index (χ4n) is 3.00. The molecule has 5 nitrogen and oxygen atoms in total. The Kier molecular flexibility index (Phi) is 4.24. The van der Waals surface area contributed by atoms with E-state index in [0.717, 1.165) is 18.7 Å². The van der Waals surface area contributed by atoms with Crippen molar-refractivity contribution < 1.29 is 14.6 Å². The van der Waals surface area contributed by atoms with Gasteiger partial charge in [0, 0.05) is 48.3 Å². The number of aliphatic hydroxyl groups excluding tert-OH is 2. The second-order valence-electron chi connectivity index (χ2n) is 5.88. The number of rotatable bonds is 3. The van der Waals surface area contributed by atoms with E-state index in [1.807, 2.05) is 4.90 Å². The first-order valence-corrected chi connectivity index (χ1v) is 7.39. The Morgan fingerprint density at radius 2 is 2.18 bits per heavy atom. The number of hydrogen-bond acceptors (Lipinski definition) is 4. The second kappa shape index (κ2) is 6.16. The Morgan fingerprint density at radius 3 is 2.91 bits per heavy atom. The van der Waals surface area contributed by atoms with E-state index in [-0.39, 0.29) is 18.0 Å². The van der Waals surface area contributed by atoms with E-state index < -0.39 is 11.9 Å². The summed E-state index contributed by atoms with van der Waals surface area (Å²) in [5.74, 6) is -0.505. The lowest BCUT2D eigenvalue weighted by molar-refractivity contribution is -0.00476. The van der Waals surface area contributed by atoms with E-state index in [1.165, 1.54) is 18.2 Å². The summed E-state index contributed by atoms with van der Waals surface area (Å²) in [6, 6.07) is 5.59. The van der Waals surface area contributed by atoms with Crippen LogP contribution in [0.15, 0.2) is 29.1 Å². The number of H-pyrrole nitrogens is 1. The van der Waals surface area contributed by atoms with Crippen LogP contribution in [0.3, 0.4) is 0 Å². The number of hydrogen-bond donors (Lipinski definition) is 3. The van der Waals surface area contributed by atoms with Crippen molar-refractivity contribution in [3.63, 3.8) is 0 Å². The number of nitrogens with zero attached hydrogens (tertiary/aromatic N) is 1. The molecule has 1 aliphatic heterocycles. The van der Waals surface area contributed by atoms with Gasteiger partial charge in [-0.1, -0.05) is 0 Å². The Bertz CT molecular complexity index is 731. The molecule has 0 unspecified atom stereocenters. The zero-order valence-electron chi connectivity index (χ0n) is 12.1. The van der Waals surface area contributed by atoms with Gasteiger partial charge in [-0.2, -0.15) is 0 Å². The lowest BCUT2D eigenvalue weighted by Crippen LogP contribution is -2.44. The maximum Gasteiger partial charge on any atom is 0.189 e. The predicted octanol–water partition coefficient (Wildman–Crippen LogP) is 0.842. The molecule has 0 spiro atoms. The van der Waals surface area contributed by atoms with Gasteiger partial charge in [0.15, 0.2) is 5.43 Å². The Labute approximate surface area is 127 Å². The first-order chi connectivity index (χ1) is 10.6. The average molecular weight is 306 g/mol. The van der Waals surface area contributed by atoms with Crippen LogP contribution in [0.5, 0.6) is 0 Å². The van der Waals surface area contributed by atoms with Gasteiger partial charge in [0.1, 0.15) is 5.82 Å². The number of pyridine rings is 1. The number of benzene rings is 1. The van der Waals surface area contributed by atoms with Crippen LogP contribution in [0.25, 0.3) is 10.9 Å². The van der Waals surface area contributed by atoms with E-state index >= 15 is 0 Å². The molecule has 1 aromatic carbocycles. The molecule has 118 valence electrons. The molecule has 1 saturated heterocycles. The number of aromatic nitrogens is 1. The minimum Gasteiger partial charge on any atom is -0.396 e. The number of aromatic amines is 1. The van der Waals surface area contributed by atoms with Crippen LogP contribution in [0.4, 0.5) is 4.39 Å². The molecular formula is C16H19FN2O3. The first kappa shape index (κ1) is 15.1. The van der Waals surface area contributed by atoms with E-state index in [0.29, 0.717) is 24.0 Å². The number of nitrogens with one attached hydrogen (secondary N) is 1. The molecule has 0 amide bonds. The van der Waals surface area contributed by atoms with Crippen molar-refractivity contribution in [2.45, 2.75) is 19.1 Å². The van der Waals surface area contributed by atoms with Crippen LogP contribution in [-0.2, 0) is 6.54 Å². The molecule has 1 aromatic heterocycles. The fourth-order valence-corrected chi connectivity index (χ4v) is 3.00. The van der Waals surface area contributed by atoms with Crippen molar-refractivity contribution in [3.8, 4) is 0 Å². The zero-order valence-corrected chi connectivity index (χ0v) is 12.1. The maximum absolute atomic E-state index is 13.2. The van der Waals surface area contributed by atoms with Crippen molar-refractivity contribution >= 4 is 10.9 Å². The van der Waals surface area contributed by atoms with Gasteiger partial charge in [-0.25, -0.2) is 4.39 Å². The Morgan fingerprint density at radius 1 is 1.36 bits per heavy atom. The highest BCUT2D eigenvalue weighted by molar-refractivity contribution is 5.78. The smallest absolute Gasteiger partial charge is 0.189 e. The second-order valence-corrected chi connectivity index (χ2v) is 5.88. The molecule has 0 radical (unpaired) electrons. The molecule has 1 fully saturated rings. The standard InChI is InChI=1S/C16H19FN2O3/c17-11-1-2-14-13(5-11)15(21)6-12(18-14)7-19-4-3-10(9-20)16(22)8-19/h1-2,5-6,10,16,20,22H,3-4,7-9H2,(H,18,21)/t10-,16-/m1/s1. The summed E-state index contributed by atoms with van der Waals surface area (Å²) in [7, 11) is 0. The summed E-state index contributed by atoms with van der Waals surface area (Å²) in [6.07, 6.45) is 0.167. The zero-order chi connectivity index (χ0) is 15.7. The molecule has 0 bridgehead atoms. The summed E-state index contributed by atoms with van der Waals surface area (Å²) >= 11 is 0. The lowest BCUT2D eigenvalue weighted by atomic mass is 9.95. The molecule has 3 rings (SSSR count). The van der Waals surface area contributed by atoms with E-state index in [9.17, 15) is 14.3 Å². The average Bonchev–Trinajstić information content (AvgIpc) is 2.48. The van der Waals surface area contributed by atoms with E-state index in [4.69, 9.17) is 5.11 Å². The summed E-state index contributed by atoms with van der Waals surface area (Å²) in [5, 5.41) is 19.5. The van der Waals surface area contributed by atoms with Crippen molar-refractivity contribution in [1.82, 2.24) is 9.88 Å². The normalized spacial score (nSPS) is 23.0. The number of fused-ring (bicyclic) bond motifs is 1. The Balaban J connectivity index is 1.80. The van der Waals surface area contributed by atoms with Crippen LogP contribution in [-0.4, -0.2) is 45.9 Å². The van der Waals surface area contributed by atoms with Crippen LogP contribution in [0.1, 0.15) is 12.1 Å². The number of likely N-dealkylation sites (tertiary alicyclic amines) is 1. The molecule has 22 heavy (non-hydrogen) atoms. The quantitative estimate of drug-likeness (QED) is 0.785. The van der Waals surface area contributed by atoms with Gasteiger partial charge in [-0.05, 0) is 31.2 Å². The Hall–Kier alpha value is -1.76. The van der Waals surface area contributed by atoms with Crippen molar-refractivity contribution in [2.75, 3.05) is 19.7 Å². The van der Waals surface area contributed by atoms with Gasteiger partial charge in [0.25, 0.3) is 0 Å². The molecule has 3 N–H and O–H groups in total. The number of β-amino-alcohol motifs (C(OH)–C–C–N with tert-alkyl or cyclic N) is 1.